The van der Waals surface area contributed by atoms with Gasteiger partial charge in [0, 0.05) is 47.5 Å². The summed E-state index contributed by atoms with van der Waals surface area (Å²) in [5.74, 6) is 1.40. The van der Waals surface area contributed by atoms with Crippen LogP contribution in [0.25, 0.3) is 10.9 Å². The van der Waals surface area contributed by atoms with Crippen LogP contribution in [-0.2, 0) is 13.6 Å². The Labute approximate surface area is 207 Å². The van der Waals surface area contributed by atoms with Crippen molar-refractivity contribution in [2.75, 3.05) is 11.9 Å². The summed E-state index contributed by atoms with van der Waals surface area (Å²) in [4.78, 5) is 12.8. The third-order valence-corrected chi connectivity index (χ3v) is 7.78. The van der Waals surface area contributed by atoms with Gasteiger partial charge in [0.25, 0.3) is 5.91 Å². The van der Waals surface area contributed by atoms with E-state index in [1.165, 1.54) is 24.1 Å². The maximum atomic E-state index is 12.8. The van der Waals surface area contributed by atoms with E-state index in [-0.39, 0.29) is 5.91 Å². The molecule has 3 aromatic rings. The summed E-state index contributed by atoms with van der Waals surface area (Å²) in [7, 11) is 2.10. The van der Waals surface area contributed by atoms with E-state index in [2.05, 4.69) is 41.3 Å². The molecule has 2 saturated carbocycles. The van der Waals surface area contributed by atoms with Crippen molar-refractivity contribution in [1.29, 1.82) is 0 Å². The number of carbonyl (C=O) groups is 1. The fraction of sp³-hybridized carbons (Fsp3) is 0.483. The first-order valence-electron chi connectivity index (χ1n) is 12.9. The second-order valence-electron chi connectivity index (χ2n) is 10.7. The predicted octanol–water partition coefficient (Wildman–Crippen LogP) is 5.31. The van der Waals surface area contributed by atoms with Crippen molar-refractivity contribution in [2.24, 2.45) is 13.0 Å². The molecule has 0 spiro atoms. The summed E-state index contributed by atoms with van der Waals surface area (Å²) >= 11 is 0. The minimum Gasteiger partial charge on any atom is -0.493 e. The molecule has 5 rings (SSSR count). The fourth-order valence-electron chi connectivity index (χ4n) is 5.10. The van der Waals surface area contributed by atoms with E-state index < -0.39 is 5.60 Å². The van der Waals surface area contributed by atoms with E-state index in [1.807, 2.05) is 37.3 Å². The summed E-state index contributed by atoms with van der Waals surface area (Å²) in [5, 5.41) is 18.1. The number of anilines is 1. The number of hydrogen-bond donors (Lipinski definition) is 3. The molecule has 1 amide bonds. The minimum absolute atomic E-state index is 0.123. The van der Waals surface area contributed by atoms with Crippen LogP contribution in [0.1, 0.15) is 67.1 Å². The number of hydrogen-bond acceptors (Lipinski definition) is 4. The van der Waals surface area contributed by atoms with Crippen molar-refractivity contribution in [3.63, 3.8) is 0 Å². The van der Waals surface area contributed by atoms with Crippen molar-refractivity contribution in [1.82, 2.24) is 9.88 Å². The maximum absolute atomic E-state index is 12.8. The van der Waals surface area contributed by atoms with Crippen LogP contribution in [-0.4, -0.2) is 33.8 Å². The Morgan fingerprint density at radius 3 is 2.51 bits per heavy atom. The summed E-state index contributed by atoms with van der Waals surface area (Å²) < 4.78 is 8.01. The Morgan fingerprint density at radius 2 is 1.83 bits per heavy atom. The monoisotopic (exact) mass is 475 g/mol. The topological polar surface area (TPSA) is 75.5 Å². The molecule has 2 fully saturated rings. The Hall–Kier alpha value is -2.83. The second kappa shape index (κ2) is 9.67. The number of rotatable bonds is 8. The Bertz CT molecular complexity index is 1200. The zero-order chi connectivity index (χ0) is 24.6. The lowest BCUT2D eigenvalue weighted by atomic mass is 9.83. The zero-order valence-corrected chi connectivity index (χ0v) is 21.1. The highest BCUT2D eigenvalue weighted by molar-refractivity contribution is 6.05. The highest BCUT2D eigenvalue weighted by Gasteiger charge is 2.28. The average molecular weight is 476 g/mol. The predicted molar refractivity (Wildman–Crippen MR) is 140 cm³/mol. The molecule has 6 heteroatoms. The van der Waals surface area contributed by atoms with Crippen LogP contribution in [0, 0.1) is 12.8 Å². The summed E-state index contributed by atoms with van der Waals surface area (Å²) in [6.07, 6.45) is 6.21. The zero-order valence-electron chi connectivity index (χ0n) is 21.1. The van der Waals surface area contributed by atoms with Gasteiger partial charge < -0.3 is 25.0 Å². The first kappa shape index (κ1) is 23.9. The molecule has 35 heavy (non-hydrogen) atoms. The number of nitrogens with one attached hydrogen (secondary N) is 2. The highest BCUT2D eigenvalue weighted by Crippen LogP contribution is 2.31. The lowest BCUT2D eigenvalue weighted by molar-refractivity contribution is 0.0139. The van der Waals surface area contributed by atoms with Crippen molar-refractivity contribution in [3.8, 4) is 5.75 Å². The van der Waals surface area contributed by atoms with E-state index in [9.17, 15) is 9.90 Å². The van der Waals surface area contributed by atoms with Gasteiger partial charge in [0.15, 0.2) is 0 Å². The third-order valence-electron chi connectivity index (χ3n) is 7.78. The van der Waals surface area contributed by atoms with Gasteiger partial charge in [0.05, 0.1) is 12.2 Å². The van der Waals surface area contributed by atoms with E-state index in [0.29, 0.717) is 17.5 Å². The van der Waals surface area contributed by atoms with E-state index in [0.717, 1.165) is 61.2 Å². The molecule has 0 aliphatic heterocycles. The lowest BCUT2D eigenvalue weighted by Crippen LogP contribution is -2.39. The molecule has 0 atom stereocenters. The number of aryl methyl sites for hydroxylation is 2. The smallest absolute Gasteiger partial charge is 0.255 e. The molecule has 186 valence electrons. The van der Waals surface area contributed by atoms with Crippen LogP contribution in [0.2, 0.25) is 0 Å². The van der Waals surface area contributed by atoms with Gasteiger partial charge in [-0.25, -0.2) is 0 Å². The number of carbonyl (C=O) groups excluding carboxylic acids is 1. The quantitative estimate of drug-likeness (QED) is 0.413. The lowest BCUT2D eigenvalue weighted by Gasteiger charge is -2.33. The van der Waals surface area contributed by atoms with E-state index >= 15 is 0 Å². The molecule has 0 bridgehead atoms. The number of amides is 1. The normalized spacial score (nSPS) is 22.3. The molecular weight excluding hydrogens is 438 g/mol. The molecule has 2 aliphatic rings. The van der Waals surface area contributed by atoms with Gasteiger partial charge >= 0.3 is 0 Å². The van der Waals surface area contributed by atoms with Crippen LogP contribution in [0.4, 0.5) is 5.69 Å². The van der Waals surface area contributed by atoms with Crippen molar-refractivity contribution < 1.29 is 14.6 Å². The van der Waals surface area contributed by atoms with Crippen LogP contribution in [0.15, 0.2) is 42.5 Å². The van der Waals surface area contributed by atoms with Crippen molar-refractivity contribution in [2.45, 2.75) is 70.6 Å². The van der Waals surface area contributed by atoms with Crippen LogP contribution in [0.3, 0.4) is 0 Å². The molecule has 1 aromatic heterocycles. The molecule has 0 radical (unpaired) electrons. The SMILES string of the molecule is Cc1c(CNC2CCC(C)(O)CC2)n(C)c2ccc(NC(=O)c3ccc(OCC4CC4)cc3)cc12. The number of aliphatic hydroxyl groups is 1. The van der Waals surface area contributed by atoms with Gasteiger partial charge in [-0.1, -0.05) is 0 Å². The summed E-state index contributed by atoms with van der Waals surface area (Å²) in [6.45, 7) is 5.65. The van der Waals surface area contributed by atoms with Crippen LogP contribution in [0.5, 0.6) is 5.75 Å². The number of fused-ring (bicyclic) bond motifs is 1. The molecule has 0 saturated heterocycles. The van der Waals surface area contributed by atoms with E-state index in [1.54, 1.807) is 0 Å². The molecular formula is C29H37N3O3. The van der Waals surface area contributed by atoms with Crippen molar-refractivity contribution >= 4 is 22.5 Å². The first-order chi connectivity index (χ1) is 16.8. The molecule has 3 N–H and O–H groups in total. The number of ether oxygens (including phenoxy) is 1. The largest absolute Gasteiger partial charge is 0.493 e. The number of nitrogens with zero attached hydrogens (tertiary/aromatic N) is 1. The van der Waals surface area contributed by atoms with Gasteiger partial charge in [-0.2, -0.15) is 0 Å². The maximum Gasteiger partial charge on any atom is 0.255 e. The molecule has 2 aromatic carbocycles. The molecule has 2 aliphatic carbocycles. The summed E-state index contributed by atoms with van der Waals surface area (Å²) in [6, 6.07) is 13.9. The van der Waals surface area contributed by atoms with Crippen molar-refractivity contribution in [3.05, 3.63) is 59.3 Å². The van der Waals surface area contributed by atoms with Gasteiger partial charge in [-0.3, -0.25) is 4.79 Å². The first-order valence-corrected chi connectivity index (χ1v) is 12.9. The van der Waals surface area contributed by atoms with Gasteiger partial charge in [0.1, 0.15) is 5.75 Å². The highest BCUT2D eigenvalue weighted by atomic mass is 16.5. The number of aromatic nitrogens is 1. The van der Waals surface area contributed by atoms with Gasteiger partial charge in [-0.05, 0) is 106 Å². The molecule has 6 nitrogen and oxygen atoms in total. The molecule has 1 heterocycles. The fourth-order valence-corrected chi connectivity index (χ4v) is 5.10. The number of benzene rings is 2. The van der Waals surface area contributed by atoms with E-state index in [4.69, 9.17) is 4.74 Å². The standard InChI is InChI=1S/C29H37N3O3/c1-19-25-16-23(31-28(33)21-6-9-24(10-7-21)35-18-20-4-5-20)8-11-26(25)32(3)27(19)17-30-22-12-14-29(2,34)15-13-22/h6-11,16,20,22,30,34H,4-5,12-15,17-18H2,1-3H3,(H,31,33). The second-order valence-corrected chi connectivity index (χ2v) is 10.7. The third kappa shape index (κ3) is 5.54. The Kier molecular flexibility index (Phi) is 6.60. The van der Waals surface area contributed by atoms with Crippen LogP contribution < -0.4 is 15.4 Å². The van der Waals surface area contributed by atoms with Crippen LogP contribution >= 0.6 is 0 Å². The Morgan fingerprint density at radius 1 is 1.11 bits per heavy atom. The summed E-state index contributed by atoms with van der Waals surface area (Å²) in [5.41, 5.74) is 4.53. The average Bonchev–Trinajstić information content (AvgIpc) is 3.65. The molecule has 0 unspecified atom stereocenters. The Balaban J connectivity index is 1.24. The minimum atomic E-state index is -0.513. The van der Waals surface area contributed by atoms with Gasteiger partial charge in [0.2, 0.25) is 0 Å². The van der Waals surface area contributed by atoms with Gasteiger partial charge in [-0.15, -0.1) is 0 Å².